The van der Waals surface area contributed by atoms with Crippen molar-refractivity contribution >= 4 is 71.4 Å². The molecule has 10 aromatic carbocycles. The Hall–Kier alpha value is -8.14. The largest absolute Gasteiger partial charge is 0.310 e. The molecular formula is C59H39N3. The molecule has 0 fully saturated rings. The van der Waals surface area contributed by atoms with Crippen LogP contribution < -0.4 is 4.90 Å². The molecule has 3 nitrogen and oxygen atoms in total. The second-order valence-electron chi connectivity index (χ2n) is 16.5. The molecule has 0 saturated heterocycles. The first-order valence-electron chi connectivity index (χ1n) is 21.5. The molecule has 2 aromatic heterocycles. The molecule has 0 unspecified atom stereocenters. The van der Waals surface area contributed by atoms with Crippen molar-refractivity contribution in [3.05, 3.63) is 236 Å². The summed E-state index contributed by atoms with van der Waals surface area (Å²) in [4.78, 5) is 2.39. The summed E-state index contributed by atoms with van der Waals surface area (Å²) in [5.74, 6) is 0. The third kappa shape index (κ3) is 5.32. The first kappa shape index (κ1) is 34.7. The molecule has 290 valence electrons. The molecule has 12 aromatic rings. The minimum Gasteiger partial charge on any atom is -0.310 e. The van der Waals surface area contributed by atoms with Crippen molar-refractivity contribution in [2.45, 2.75) is 6.42 Å². The van der Waals surface area contributed by atoms with Crippen molar-refractivity contribution in [1.29, 1.82) is 0 Å². The number of para-hydroxylation sites is 4. The van der Waals surface area contributed by atoms with Crippen LogP contribution in [0, 0.1) is 0 Å². The lowest BCUT2D eigenvalue weighted by atomic mass is 9.95. The number of anilines is 3. The quantitative estimate of drug-likeness (QED) is 0.164. The Balaban J connectivity index is 0.998. The van der Waals surface area contributed by atoms with E-state index in [9.17, 15) is 0 Å². The van der Waals surface area contributed by atoms with Crippen molar-refractivity contribution in [3.63, 3.8) is 0 Å². The van der Waals surface area contributed by atoms with E-state index in [-0.39, 0.29) is 0 Å². The lowest BCUT2D eigenvalue weighted by Crippen LogP contribution is -2.10. The SMILES string of the molecule is c1ccc(N(c2cccc(-c3ccc4c(c3)c3cc5c6c(ccc5cc3n4-c3ccccc3)Cc3ccccc3-6)c2)c2ccc3c4ccccc4n(-c4ccccc4)c3c2)cc1. The summed E-state index contributed by atoms with van der Waals surface area (Å²) in [6.07, 6.45) is 0.982. The molecule has 0 atom stereocenters. The topological polar surface area (TPSA) is 13.1 Å². The highest BCUT2D eigenvalue weighted by atomic mass is 15.1. The van der Waals surface area contributed by atoms with E-state index in [1.54, 1.807) is 0 Å². The lowest BCUT2D eigenvalue weighted by molar-refractivity contribution is 1.18. The standard InChI is InChI=1S/C59H39N3/c1-4-17-44(18-5-1)60(48-30-31-51-50-25-12-13-26-55(50)61(58(51)37-48)45-19-6-2-7-20-45)47-23-14-16-39(34-47)40-29-32-56-53(35-40)54-38-52-42(36-57(54)62(56)46-21-8-3-9-22-46)27-28-43-33-41-15-10-11-24-49(41)59(43)52/h1-32,34-38H,33H2. The average molecular weight is 790 g/mol. The summed E-state index contributed by atoms with van der Waals surface area (Å²) < 4.78 is 4.83. The van der Waals surface area contributed by atoms with Gasteiger partial charge in [-0.2, -0.15) is 0 Å². The van der Waals surface area contributed by atoms with Crippen LogP contribution in [0.2, 0.25) is 0 Å². The maximum absolute atomic E-state index is 2.47. The number of rotatable bonds is 6. The van der Waals surface area contributed by atoms with Crippen molar-refractivity contribution in [3.8, 4) is 33.6 Å². The molecule has 3 heteroatoms. The van der Waals surface area contributed by atoms with E-state index in [1.807, 2.05) is 0 Å². The Bertz CT molecular complexity index is 3710. The van der Waals surface area contributed by atoms with E-state index in [1.165, 1.54) is 87.8 Å². The molecule has 0 bridgehead atoms. The van der Waals surface area contributed by atoms with E-state index in [0.717, 1.165) is 34.9 Å². The van der Waals surface area contributed by atoms with Gasteiger partial charge in [0, 0.05) is 50.0 Å². The van der Waals surface area contributed by atoms with Crippen LogP contribution in [0.4, 0.5) is 17.1 Å². The van der Waals surface area contributed by atoms with Gasteiger partial charge in [0.2, 0.25) is 0 Å². The molecule has 2 heterocycles. The number of hydrogen-bond acceptors (Lipinski definition) is 1. The Morgan fingerprint density at radius 2 is 0.935 bits per heavy atom. The number of fused-ring (bicyclic) bond motifs is 11. The summed E-state index contributed by atoms with van der Waals surface area (Å²) in [6, 6.07) is 82.4. The molecule has 13 rings (SSSR count). The smallest absolute Gasteiger partial charge is 0.0561 e. The molecule has 1 aliphatic rings. The normalized spacial score (nSPS) is 12.1. The van der Waals surface area contributed by atoms with E-state index < -0.39 is 0 Å². The van der Waals surface area contributed by atoms with Gasteiger partial charge in [-0.25, -0.2) is 0 Å². The lowest BCUT2D eigenvalue weighted by Gasteiger charge is -2.26. The minimum absolute atomic E-state index is 0.982. The zero-order valence-corrected chi connectivity index (χ0v) is 33.9. The van der Waals surface area contributed by atoms with Crippen molar-refractivity contribution in [2.75, 3.05) is 4.90 Å². The number of aromatic nitrogens is 2. The van der Waals surface area contributed by atoms with Gasteiger partial charge in [-0.05, 0) is 142 Å². The maximum atomic E-state index is 2.47. The molecule has 1 aliphatic carbocycles. The first-order valence-corrected chi connectivity index (χ1v) is 21.5. The summed E-state index contributed by atoms with van der Waals surface area (Å²) in [5.41, 5.74) is 18.3. The summed E-state index contributed by atoms with van der Waals surface area (Å²) >= 11 is 0. The molecule has 0 radical (unpaired) electrons. The second kappa shape index (κ2) is 13.7. The average Bonchev–Trinajstić information content (AvgIpc) is 3.99. The molecule has 0 spiro atoms. The van der Waals surface area contributed by atoms with Gasteiger partial charge in [-0.1, -0.05) is 133 Å². The van der Waals surface area contributed by atoms with E-state index in [4.69, 9.17) is 0 Å². The zero-order chi connectivity index (χ0) is 40.7. The third-order valence-electron chi connectivity index (χ3n) is 13.1. The van der Waals surface area contributed by atoms with Gasteiger partial charge < -0.3 is 14.0 Å². The van der Waals surface area contributed by atoms with Crippen molar-refractivity contribution in [2.24, 2.45) is 0 Å². The fourth-order valence-electron chi connectivity index (χ4n) is 10.3. The summed E-state index contributed by atoms with van der Waals surface area (Å²) in [7, 11) is 0. The van der Waals surface area contributed by atoms with Crippen LogP contribution in [0.3, 0.4) is 0 Å². The van der Waals surface area contributed by atoms with E-state index in [0.29, 0.717) is 0 Å². The van der Waals surface area contributed by atoms with Gasteiger partial charge in [-0.15, -0.1) is 0 Å². The molecular weight excluding hydrogens is 751 g/mol. The second-order valence-corrected chi connectivity index (χ2v) is 16.5. The van der Waals surface area contributed by atoms with Gasteiger partial charge in [0.25, 0.3) is 0 Å². The molecule has 62 heavy (non-hydrogen) atoms. The Morgan fingerprint density at radius 3 is 1.74 bits per heavy atom. The number of nitrogens with zero attached hydrogens (tertiary/aromatic N) is 3. The van der Waals surface area contributed by atoms with E-state index >= 15 is 0 Å². The summed E-state index contributed by atoms with van der Waals surface area (Å²) in [6.45, 7) is 0. The maximum Gasteiger partial charge on any atom is 0.0561 e. The van der Waals surface area contributed by atoms with Crippen LogP contribution in [-0.4, -0.2) is 9.13 Å². The minimum atomic E-state index is 0.982. The van der Waals surface area contributed by atoms with Crippen molar-refractivity contribution < 1.29 is 0 Å². The van der Waals surface area contributed by atoms with Crippen LogP contribution in [0.15, 0.2) is 224 Å². The Labute approximate surface area is 359 Å². The Kier molecular flexibility index (Phi) is 7.67. The van der Waals surface area contributed by atoms with Gasteiger partial charge in [0.15, 0.2) is 0 Å². The van der Waals surface area contributed by atoms with Gasteiger partial charge in [0.05, 0.1) is 22.1 Å². The van der Waals surface area contributed by atoms with Crippen LogP contribution in [0.5, 0.6) is 0 Å². The molecule has 0 N–H and O–H groups in total. The zero-order valence-electron chi connectivity index (χ0n) is 33.9. The van der Waals surface area contributed by atoms with Gasteiger partial charge >= 0.3 is 0 Å². The van der Waals surface area contributed by atoms with Gasteiger partial charge in [0.1, 0.15) is 0 Å². The predicted molar refractivity (Wildman–Crippen MR) is 261 cm³/mol. The molecule has 0 amide bonds. The highest BCUT2D eigenvalue weighted by Crippen LogP contribution is 2.45. The van der Waals surface area contributed by atoms with E-state index in [2.05, 4.69) is 238 Å². The third-order valence-corrected chi connectivity index (χ3v) is 13.1. The number of benzene rings is 10. The molecule has 0 aliphatic heterocycles. The highest BCUT2D eigenvalue weighted by molar-refractivity contribution is 6.17. The summed E-state index contributed by atoms with van der Waals surface area (Å²) in [5, 5.41) is 7.58. The van der Waals surface area contributed by atoms with Crippen LogP contribution in [0.1, 0.15) is 11.1 Å². The highest BCUT2D eigenvalue weighted by Gasteiger charge is 2.23. The first-order chi connectivity index (χ1) is 30.7. The van der Waals surface area contributed by atoms with Gasteiger partial charge in [-0.3, -0.25) is 0 Å². The number of hydrogen-bond donors (Lipinski definition) is 0. The fourth-order valence-corrected chi connectivity index (χ4v) is 10.3. The fraction of sp³-hybridized carbons (Fsp3) is 0.0169. The van der Waals surface area contributed by atoms with Crippen LogP contribution in [0.25, 0.3) is 88.0 Å². The Morgan fingerprint density at radius 1 is 0.323 bits per heavy atom. The van der Waals surface area contributed by atoms with Crippen LogP contribution in [-0.2, 0) is 6.42 Å². The van der Waals surface area contributed by atoms with Crippen molar-refractivity contribution in [1.82, 2.24) is 9.13 Å². The monoisotopic (exact) mass is 789 g/mol. The van der Waals surface area contributed by atoms with Crippen LogP contribution >= 0.6 is 0 Å². The molecule has 0 saturated carbocycles. The predicted octanol–water partition coefficient (Wildman–Crippen LogP) is 15.7.